The summed E-state index contributed by atoms with van der Waals surface area (Å²) in [6.07, 6.45) is 2.71. The Balaban J connectivity index is 2.18. The van der Waals surface area contributed by atoms with Crippen molar-refractivity contribution in [1.82, 2.24) is 4.90 Å². The number of nitrogens with two attached hydrogens (primary N) is 1. The molecule has 1 aromatic rings. The Labute approximate surface area is 124 Å². The van der Waals surface area contributed by atoms with Crippen LogP contribution in [0, 0.1) is 0 Å². The van der Waals surface area contributed by atoms with Gasteiger partial charge in [0.2, 0.25) is 0 Å². The molecule has 4 nitrogen and oxygen atoms in total. The Hall–Kier alpha value is -1.23. The maximum Gasteiger partial charge on any atom is 0.410 e. The number of hydrogen-bond donors (Lipinski definition) is 1. The molecule has 112 valence electrons. The van der Waals surface area contributed by atoms with Gasteiger partial charge in [0.15, 0.2) is 0 Å². The van der Waals surface area contributed by atoms with Crippen LogP contribution in [0.2, 0.25) is 0 Å². The fourth-order valence-corrected chi connectivity index (χ4v) is 3.79. The molecule has 0 radical (unpaired) electrons. The molecule has 2 heterocycles. The van der Waals surface area contributed by atoms with Gasteiger partial charge in [-0.15, -0.1) is 11.3 Å². The molecule has 0 bridgehead atoms. The quantitative estimate of drug-likeness (QED) is 0.862. The second-order valence-corrected chi connectivity index (χ2v) is 7.34. The zero-order valence-corrected chi connectivity index (χ0v) is 13.6. The number of carbonyl (C=O) groups is 1. The summed E-state index contributed by atoms with van der Waals surface area (Å²) in [5.74, 6) is 0. The molecule has 20 heavy (non-hydrogen) atoms. The van der Waals surface area contributed by atoms with Crippen molar-refractivity contribution in [3.63, 3.8) is 0 Å². The molecule has 1 aliphatic heterocycles. The Kier molecular flexibility index (Phi) is 4.28. The zero-order chi connectivity index (χ0) is 14.9. The number of carbonyl (C=O) groups excluding carboxylic acids is 1. The van der Waals surface area contributed by atoms with E-state index >= 15 is 0 Å². The SMILES string of the molecule is CCc1c(N)sc2c1CCCN(C(=O)OC(C)(C)C)C2. The molecule has 0 saturated heterocycles. The lowest BCUT2D eigenvalue weighted by Gasteiger charge is -2.26. The molecular weight excluding hydrogens is 272 g/mol. The van der Waals surface area contributed by atoms with E-state index in [1.54, 1.807) is 16.2 Å². The Morgan fingerprint density at radius 2 is 2.15 bits per heavy atom. The lowest BCUT2D eigenvalue weighted by molar-refractivity contribution is 0.0238. The van der Waals surface area contributed by atoms with Crippen molar-refractivity contribution in [2.45, 2.75) is 59.1 Å². The van der Waals surface area contributed by atoms with E-state index in [1.165, 1.54) is 16.0 Å². The average Bonchev–Trinajstić information content (AvgIpc) is 2.49. The van der Waals surface area contributed by atoms with E-state index in [2.05, 4.69) is 6.92 Å². The number of amides is 1. The smallest absolute Gasteiger partial charge is 0.410 e. The summed E-state index contributed by atoms with van der Waals surface area (Å²) in [4.78, 5) is 15.2. The van der Waals surface area contributed by atoms with E-state index in [1.807, 2.05) is 20.8 Å². The van der Waals surface area contributed by atoms with Crippen molar-refractivity contribution in [2.75, 3.05) is 12.3 Å². The van der Waals surface area contributed by atoms with E-state index in [9.17, 15) is 4.79 Å². The summed E-state index contributed by atoms with van der Waals surface area (Å²) < 4.78 is 5.47. The van der Waals surface area contributed by atoms with Crippen LogP contribution in [0.25, 0.3) is 0 Å². The van der Waals surface area contributed by atoms with Gasteiger partial charge in [-0.3, -0.25) is 0 Å². The molecule has 0 aromatic carbocycles. The van der Waals surface area contributed by atoms with Gasteiger partial charge in [0.25, 0.3) is 0 Å². The highest BCUT2D eigenvalue weighted by Crippen LogP contribution is 2.35. The molecule has 1 aliphatic rings. The fourth-order valence-electron chi connectivity index (χ4n) is 2.56. The Morgan fingerprint density at radius 1 is 1.45 bits per heavy atom. The third-order valence-electron chi connectivity index (χ3n) is 3.43. The molecule has 1 aromatic heterocycles. The highest BCUT2D eigenvalue weighted by Gasteiger charge is 2.26. The molecule has 0 saturated carbocycles. The normalized spacial score (nSPS) is 15.7. The minimum atomic E-state index is -0.449. The molecule has 0 fully saturated rings. The van der Waals surface area contributed by atoms with Crippen molar-refractivity contribution in [3.8, 4) is 0 Å². The predicted molar refractivity (Wildman–Crippen MR) is 83.1 cm³/mol. The van der Waals surface area contributed by atoms with Crippen LogP contribution in [0.5, 0.6) is 0 Å². The van der Waals surface area contributed by atoms with Gasteiger partial charge in [0, 0.05) is 11.4 Å². The molecule has 2 rings (SSSR count). The van der Waals surface area contributed by atoms with Crippen LogP contribution in [-0.4, -0.2) is 23.1 Å². The van der Waals surface area contributed by atoms with Crippen molar-refractivity contribution in [1.29, 1.82) is 0 Å². The number of hydrogen-bond acceptors (Lipinski definition) is 4. The molecule has 0 spiro atoms. The molecular formula is C15H24N2O2S. The van der Waals surface area contributed by atoms with Gasteiger partial charge in [-0.25, -0.2) is 4.79 Å². The predicted octanol–water partition coefficient (Wildman–Crippen LogP) is 3.58. The third-order valence-corrected chi connectivity index (χ3v) is 4.51. The van der Waals surface area contributed by atoms with Gasteiger partial charge in [-0.1, -0.05) is 6.92 Å². The number of rotatable bonds is 1. The van der Waals surface area contributed by atoms with Crippen molar-refractivity contribution in [3.05, 3.63) is 16.0 Å². The van der Waals surface area contributed by atoms with Gasteiger partial charge in [-0.2, -0.15) is 0 Å². The van der Waals surface area contributed by atoms with Crippen molar-refractivity contribution >= 4 is 22.4 Å². The van der Waals surface area contributed by atoms with Gasteiger partial charge >= 0.3 is 6.09 Å². The summed E-state index contributed by atoms with van der Waals surface area (Å²) in [5.41, 5.74) is 8.28. The maximum atomic E-state index is 12.2. The van der Waals surface area contributed by atoms with Crippen LogP contribution in [0.3, 0.4) is 0 Å². The number of nitrogens with zero attached hydrogens (tertiary/aromatic N) is 1. The van der Waals surface area contributed by atoms with Gasteiger partial charge in [-0.05, 0) is 51.2 Å². The maximum absolute atomic E-state index is 12.2. The first kappa shape index (κ1) is 15.2. The first-order valence-electron chi connectivity index (χ1n) is 7.18. The number of anilines is 1. The van der Waals surface area contributed by atoms with E-state index in [0.29, 0.717) is 6.54 Å². The highest BCUT2D eigenvalue weighted by molar-refractivity contribution is 7.16. The van der Waals surface area contributed by atoms with E-state index < -0.39 is 5.60 Å². The molecule has 0 unspecified atom stereocenters. The van der Waals surface area contributed by atoms with Gasteiger partial charge in [0.05, 0.1) is 11.5 Å². The summed E-state index contributed by atoms with van der Waals surface area (Å²) >= 11 is 1.62. The number of ether oxygens (including phenoxy) is 1. The third kappa shape index (κ3) is 3.26. The number of fused-ring (bicyclic) bond motifs is 1. The first-order chi connectivity index (χ1) is 9.31. The van der Waals surface area contributed by atoms with Gasteiger partial charge < -0.3 is 15.4 Å². The largest absolute Gasteiger partial charge is 0.444 e. The van der Waals surface area contributed by atoms with Crippen LogP contribution in [0.4, 0.5) is 9.80 Å². The summed E-state index contributed by atoms with van der Waals surface area (Å²) in [7, 11) is 0. The molecule has 2 N–H and O–H groups in total. The van der Waals surface area contributed by atoms with Gasteiger partial charge in [0.1, 0.15) is 5.60 Å². The van der Waals surface area contributed by atoms with E-state index in [4.69, 9.17) is 10.5 Å². The monoisotopic (exact) mass is 296 g/mol. The van der Waals surface area contributed by atoms with Crippen LogP contribution < -0.4 is 5.73 Å². The molecule has 0 atom stereocenters. The minimum absolute atomic E-state index is 0.227. The minimum Gasteiger partial charge on any atom is -0.444 e. The summed E-state index contributed by atoms with van der Waals surface area (Å²) in [6, 6.07) is 0. The first-order valence-corrected chi connectivity index (χ1v) is 8.00. The highest BCUT2D eigenvalue weighted by atomic mass is 32.1. The van der Waals surface area contributed by atoms with Crippen LogP contribution in [0.15, 0.2) is 0 Å². The second-order valence-electron chi connectivity index (χ2n) is 6.21. The summed E-state index contributed by atoms with van der Waals surface area (Å²) in [6.45, 7) is 9.19. The lowest BCUT2D eigenvalue weighted by atomic mass is 10.0. The number of thiophene rings is 1. The van der Waals surface area contributed by atoms with Crippen LogP contribution in [0.1, 0.15) is 50.1 Å². The van der Waals surface area contributed by atoms with E-state index in [-0.39, 0.29) is 6.09 Å². The Morgan fingerprint density at radius 3 is 2.75 bits per heavy atom. The zero-order valence-electron chi connectivity index (χ0n) is 12.8. The fraction of sp³-hybridized carbons (Fsp3) is 0.667. The van der Waals surface area contributed by atoms with Crippen LogP contribution >= 0.6 is 11.3 Å². The molecule has 5 heteroatoms. The van der Waals surface area contributed by atoms with Crippen molar-refractivity contribution in [2.24, 2.45) is 0 Å². The molecule has 0 aliphatic carbocycles. The van der Waals surface area contributed by atoms with Crippen LogP contribution in [-0.2, 0) is 24.1 Å². The average molecular weight is 296 g/mol. The standard InChI is InChI=1S/C15H24N2O2S/c1-5-10-11-7-6-8-17(9-12(11)20-13(10)16)14(18)19-15(2,3)4/h5-9,16H2,1-4H3. The van der Waals surface area contributed by atoms with Crippen molar-refractivity contribution < 1.29 is 9.53 Å². The topological polar surface area (TPSA) is 55.6 Å². The number of nitrogen functional groups attached to an aromatic ring is 1. The molecule has 1 amide bonds. The Bertz CT molecular complexity index is 503. The second kappa shape index (κ2) is 5.64. The summed E-state index contributed by atoms with van der Waals surface area (Å²) in [5, 5.41) is 0.906. The lowest BCUT2D eigenvalue weighted by Crippen LogP contribution is -2.36. The van der Waals surface area contributed by atoms with E-state index in [0.717, 1.165) is 30.8 Å².